The Labute approximate surface area is 235 Å². The number of methoxy groups -OCH3 is 1. The van der Waals surface area contributed by atoms with Crippen molar-refractivity contribution in [1.29, 1.82) is 0 Å². The van der Waals surface area contributed by atoms with Gasteiger partial charge in [0.05, 0.1) is 18.3 Å². The average Bonchev–Trinajstić information content (AvgIpc) is 3.51. The van der Waals surface area contributed by atoms with Crippen LogP contribution in [0.3, 0.4) is 0 Å². The number of nitrogens with zero attached hydrogens (tertiary/aromatic N) is 5. The first-order chi connectivity index (χ1) is 19.7. The zero-order chi connectivity index (χ0) is 29.1. The molecule has 2 aromatic heterocycles. The molecule has 10 nitrogen and oxygen atoms in total. The molecule has 2 N–H and O–H groups in total. The molecule has 0 bridgehead atoms. The lowest BCUT2D eigenvalue weighted by Crippen LogP contribution is -2.42. The highest BCUT2D eigenvalue weighted by Gasteiger charge is 2.35. The maximum Gasteiger partial charge on any atom is 0.320 e. The Hall–Kier alpha value is -4.42. The van der Waals surface area contributed by atoms with Gasteiger partial charge in [-0.05, 0) is 42.8 Å². The van der Waals surface area contributed by atoms with Gasteiger partial charge in [0.25, 0.3) is 5.56 Å². The van der Waals surface area contributed by atoms with Gasteiger partial charge in [-0.15, -0.1) is 0 Å². The number of amides is 2. The maximum atomic E-state index is 14.1. The Morgan fingerprint density at radius 1 is 1.05 bits per heavy atom. The van der Waals surface area contributed by atoms with Crippen LogP contribution in [0.4, 0.5) is 19.4 Å². The van der Waals surface area contributed by atoms with Crippen LogP contribution in [0.1, 0.15) is 17.0 Å². The monoisotopic (exact) mass is 563 g/mol. The van der Waals surface area contributed by atoms with Gasteiger partial charge in [-0.3, -0.25) is 15.0 Å². The molecule has 0 aliphatic carbocycles. The molecule has 2 amide bonds. The minimum Gasteiger partial charge on any atom is -0.383 e. The number of rotatable bonds is 8. The summed E-state index contributed by atoms with van der Waals surface area (Å²) in [6.45, 7) is 4.00. The molecule has 2 aromatic carbocycles. The fraction of sp³-hybridized carbons (Fsp3) is 0.310. The fourth-order valence-corrected chi connectivity index (χ4v) is 5.10. The number of anilines is 1. The molecule has 0 unspecified atom stereocenters. The Bertz CT molecular complexity index is 1610. The number of nitrogens with one attached hydrogen (secondary N) is 2. The van der Waals surface area contributed by atoms with Crippen LogP contribution in [0, 0.1) is 18.6 Å². The Kier molecular flexibility index (Phi) is 8.22. The van der Waals surface area contributed by atoms with Crippen molar-refractivity contribution < 1.29 is 18.3 Å². The second-order valence-electron chi connectivity index (χ2n) is 9.99. The summed E-state index contributed by atoms with van der Waals surface area (Å²) in [6.07, 6.45) is 0. The second-order valence-corrected chi connectivity index (χ2v) is 9.99. The third kappa shape index (κ3) is 6.03. The van der Waals surface area contributed by atoms with Crippen LogP contribution < -0.4 is 16.2 Å². The predicted octanol–water partition coefficient (Wildman–Crippen LogP) is 3.46. The minimum absolute atomic E-state index is 0.252. The largest absolute Gasteiger partial charge is 0.383 e. The van der Waals surface area contributed by atoms with E-state index in [1.54, 1.807) is 31.0 Å². The summed E-state index contributed by atoms with van der Waals surface area (Å²) < 4.78 is 35.8. The standard InChI is InChI=1S/C29H31F2N7O3/c1-18-27(24-11-12-26(39)36(2)34-24)35-38(20-7-5-4-6-8-20)28(18)33-29(40)32-25-17-37(13-14-41-3)16-21(25)19-9-10-22(30)23(31)15-19/h4-12,15,21,25H,13-14,16-17H2,1-3H3,(H2,32,33,40)/t21-,25+/m0/s1. The van der Waals surface area contributed by atoms with Crippen LogP contribution in [0.2, 0.25) is 0 Å². The van der Waals surface area contributed by atoms with Crippen molar-refractivity contribution in [2.45, 2.75) is 18.9 Å². The molecule has 0 spiro atoms. The van der Waals surface area contributed by atoms with Crippen molar-refractivity contribution in [1.82, 2.24) is 29.8 Å². The molecule has 0 saturated carbocycles. The van der Waals surface area contributed by atoms with Gasteiger partial charge in [0.1, 0.15) is 17.2 Å². The molecular formula is C29H31F2N7O3. The molecule has 4 aromatic rings. The average molecular weight is 564 g/mol. The number of hydrogen-bond donors (Lipinski definition) is 2. The van der Waals surface area contributed by atoms with E-state index in [0.717, 1.165) is 6.07 Å². The van der Waals surface area contributed by atoms with Crippen molar-refractivity contribution in [3.63, 3.8) is 0 Å². The van der Waals surface area contributed by atoms with Gasteiger partial charge in [-0.1, -0.05) is 24.3 Å². The summed E-state index contributed by atoms with van der Waals surface area (Å²) >= 11 is 0. The number of para-hydroxylation sites is 1. The molecular weight excluding hydrogens is 532 g/mol. The highest BCUT2D eigenvalue weighted by Crippen LogP contribution is 2.31. The van der Waals surface area contributed by atoms with Gasteiger partial charge in [0, 0.05) is 51.3 Å². The number of aryl methyl sites for hydroxylation is 1. The number of likely N-dealkylation sites (tertiary alicyclic amines) is 1. The molecule has 1 aliphatic heterocycles. The van der Waals surface area contributed by atoms with E-state index in [9.17, 15) is 18.4 Å². The van der Waals surface area contributed by atoms with Crippen molar-refractivity contribution in [2.75, 3.05) is 38.7 Å². The molecule has 3 heterocycles. The zero-order valence-electron chi connectivity index (χ0n) is 23.0. The van der Waals surface area contributed by atoms with E-state index in [2.05, 4.69) is 20.6 Å². The smallest absolute Gasteiger partial charge is 0.320 e. The normalized spacial score (nSPS) is 17.1. The molecule has 2 atom stereocenters. The van der Waals surface area contributed by atoms with Gasteiger partial charge in [-0.25, -0.2) is 22.9 Å². The first-order valence-electron chi connectivity index (χ1n) is 13.2. The molecule has 0 radical (unpaired) electrons. The fourth-order valence-electron chi connectivity index (χ4n) is 5.10. The van der Waals surface area contributed by atoms with Gasteiger partial charge in [0.15, 0.2) is 11.6 Å². The highest BCUT2D eigenvalue weighted by atomic mass is 19.2. The van der Waals surface area contributed by atoms with E-state index in [1.165, 1.54) is 16.8 Å². The van der Waals surface area contributed by atoms with Crippen molar-refractivity contribution >= 4 is 11.8 Å². The Morgan fingerprint density at radius 2 is 1.83 bits per heavy atom. The van der Waals surface area contributed by atoms with Crippen molar-refractivity contribution in [2.24, 2.45) is 7.05 Å². The van der Waals surface area contributed by atoms with Gasteiger partial charge in [-0.2, -0.15) is 10.2 Å². The lowest BCUT2D eigenvalue weighted by atomic mass is 9.94. The molecule has 41 heavy (non-hydrogen) atoms. The number of carbonyl (C=O) groups excluding carboxylic acids is 1. The van der Waals surface area contributed by atoms with Gasteiger partial charge in [0.2, 0.25) is 0 Å². The number of hydrogen-bond acceptors (Lipinski definition) is 6. The van der Waals surface area contributed by atoms with E-state index in [4.69, 9.17) is 9.84 Å². The number of halogens is 2. The maximum absolute atomic E-state index is 14.1. The predicted molar refractivity (Wildman–Crippen MR) is 150 cm³/mol. The van der Waals surface area contributed by atoms with Crippen molar-refractivity contribution in [3.05, 3.63) is 93.8 Å². The highest BCUT2D eigenvalue weighted by molar-refractivity contribution is 5.91. The summed E-state index contributed by atoms with van der Waals surface area (Å²) in [5.74, 6) is -1.68. The van der Waals surface area contributed by atoms with Crippen LogP contribution in [0.5, 0.6) is 0 Å². The van der Waals surface area contributed by atoms with Crippen LogP contribution >= 0.6 is 0 Å². The zero-order valence-corrected chi connectivity index (χ0v) is 23.0. The van der Waals surface area contributed by atoms with Crippen LogP contribution in [-0.2, 0) is 11.8 Å². The molecule has 1 fully saturated rings. The summed E-state index contributed by atoms with van der Waals surface area (Å²) in [5, 5.41) is 15.0. The molecule has 12 heteroatoms. The van der Waals surface area contributed by atoms with Gasteiger partial charge < -0.3 is 10.1 Å². The molecule has 214 valence electrons. The SMILES string of the molecule is COCCN1C[C@@H](NC(=O)Nc2c(C)c(-c3ccc(=O)n(C)n3)nn2-c2ccccc2)[C@H](c2ccc(F)c(F)c2)C1. The van der Waals surface area contributed by atoms with E-state index in [0.29, 0.717) is 60.3 Å². The summed E-state index contributed by atoms with van der Waals surface area (Å²) in [6, 6.07) is 15.3. The van der Waals surface area contributed by atoms with Crippen LogP contribution in [-0.4, -0.2) is 69.9 Å². The first kappa shape index (κ1) is 28.1. The Balaban J connectivity index is 1.44. The van der Waals surface area contributed by atoms with Crippen LogP contribution in [0.25, 0.3) is 17.1 Å². The van der Waals surface area contributed by atoms with E-state index < -0.39 is 17.7 Å². The minimum atomic E-state index is -0.928. The number of urea groups is 1. The third-order valence-corrected chi connectivity index (χ3v) is 7.25. The van der Waals surface area contributed by atoms with E-state index >= 15 is 0 Å². The second kappa shape index (κ2) is 12.0. The quantitative estimate of drug-likeness (QED) is 0.340. The topological polar surface area (TPSA) is 106 Å². The molecule has 1 aliphatic rings. The number of aromatic nitrogens is 4. The number of carbonyl (C=O) groups is 1. The Morgan fingerprint density at radius 3 is 2.54 bits per heavy atom. The molecule has 1 saturated heterocycles. The lowest BCUT2D eigenvalue weighted by Gasteiger charge is -2.21. The van der Waals surface area contributed by atoms with Gasteiger partial charge >= 0.3 is 6.03 Å². The lowest BCUT2D eigenvalue weighted by molar-refractivity contribution is 0.159. The van der Waals surface area contributed by atoms with Crippen molar-refractivity contribution in [3.8, 4) is 17.1 Å². The molecule has 5 rings (SSSR count). The third-order valence-electron chi connectivity index (χ3n) is 7.25. The summed E-state index contributed by atoms with van der Waals surface area (Å²) in [4.78, 5) is 27.5. The first-order valence-corrected chi connectivity index (χ1v) is 13.2. The summed E-state index contributed by atoms with van der Waals surface area (Å²) in [7, 11) is 3.17. The van der Waals surface area contributed by atoms with E-state index in [-0.39, 0.29) is 17.5 Å². The van der Waals surface area contributed by atoms with Crippen LogP contribution in [0.15, 0.2) is 65.5 Å². The van der Waals surface area contributed by atoms with E-state index in [1.807, 2.05) is 37.3 Å². The summed E-state index contributed by atoms with van der Waals surface area (Å²) in [5.41, 5.74) is 2.70. The number of ether oxygens (including phenoxy) is 1. The number of benzene rings is 2.